The van der Waals surface area contributed by atoms with Gasteiger partial charge in [0.05, 0.1) is 0 Å². The molecule has 1 rings (SSSR count). The van der Waals surface area contributed by atoms with Crippen LogP contribution in [-0.2, 0) is 0 Å². The minimum absolute atomic E-state index is 0.00815. The fraction of sp³-hybridized carbons (Fsp3) is 0.556. The lowest BCUT2D eigenvalue weighted by molar-refractivity contribution is 0.0813. The molecule has 72 valence electrons. The van der Waals surface area contributed by atoms with Gasteiger partial charge in [-0.15, -0.1) is 0 Å². The number of carbonyl (C=O) groups is 1. The molecule has 0 atom stereocenters. The van der Waals surface area contributed by atoms with Crippen LogP contribution in [0.1, 0.15) is 30.4 Å². The minimum Gasteiger partial charge on any atom is -0.343 e. The van der Waals surface area contributed by atoms with Crippen molar-refractivity contribution in [2.24, 2.45) is 0 Å². The van der Waals surface area contributed by atoms with E-state index in [9.17, 15) is 4.79 Å². The van der Waals surface area contributed by atoms with E-state index in [4.69, 9.17) is 0 Å². The highest BCUT2D eigenvalue weighted by atomic mass is 16.2. The van der Waals surface area contributed by atoms with Crippen molar-refractivity contribution in [2.75, 3.05) is 14.1 Å². The molecule has 1 aromatic heterocycles. The molecular formula is C9H15N3O. The fourth-order valence-electron chi connectivity index (χ4n) is 1.12. The monoisotopic (exact) mass is 181 g/mol. The largest absolute Gasteiger partial charge is 0.343 e. The van der Waals surface area contributed by atoms with Gasteiger partial charge in [-0.3, -0.25) is 9.48 Å². The summed E-state index contributed by atoms with van der Waals surface area (Å²) in [6.07, 6.45) is 1.65. The van der Waals surface area contributed by atoms with Gasteiger partial charge in [0.1, 0.15) is 5.69 Å². The van der Waals surface area contributed by atoms with E-state index in [1.54, 1.807) is 35.9 Å². The molecule has 0 aliphatic heterocycles. The van der Waals surface area contributed by atoms with Crippen LogP contribution in [0.3, 0.4) is 0 Å². The number of hydrogen-bond donors (Lipinski definition) is 0. The van der Waals surface area contributed by atoms with E-state index in [1.165, 1.54) is 0 Å². The van der Waals surface area contributed by atoms with Crippen LogP contribution in [0.5, 0.6) is 0 Å². The Kier molecular flexibility index (Phi) is 2.70. The Balaban J connectivity index is 3.01. The van der Waals surface area contributed by atoms with E-state index < -0.39 is 0 Å². The second-order valence-corrected chi connectivity index (χ2v) is 3.45. The summed E-state index contributed by atoms with van der Waals surface area (Å²) in [7, 11) is 3.47. The van der Waals surface area contributed by atoms with Crippen molar-refractivity contribution < 1.29 is 4.79 Å². The van der Waals surface area contributed by atoms with E-state index in [0.29, 0.717) is 5.69 Å². The van der Waals surface area contributed by atoms with E-state index in [-0.39, 0.29) is 11.9 Å². The second-order valence-electron chi connectivity index (χ2n) is 3.45. The Morgan fingerprint density at radius 2 is 2.15 bits per heavy atom. The number of hydrogen-bond acceptors (Lipinski definition) is 2. The van der Waals surface area contributed by atoms with Crippen molar-refractivity contribution >= 4 is 5.91 Å². The maximum absolute atomic E-state index is 11.6. The highest BCUT2D eigenvalue weighted by Gasteiger charge is 2.14. The highest BCUT2D eigenvalue weighted by molar-refractivity contribution is 5.92. The average molecular weight is 181 g/mol. The number of amides is 1. The quantitative estimate of drug-likeness (QED) is 0.686. The predicted molar refractivity (Wildman–Crippen MR) is 50.6 cm³/mol. The molecule has 4 nitrogen and oxygen atoms in total. The summed E-state index contributed by atoms with van der Waals surface area (Å²) in [5.74, 6) is -0.00815. The Hall–Kier alpha value is -1.32. The molecule has 0 N–H and O–H groups in total. The Morgan fingerprint density at radius 1 is 1.54 bits per heavy atom. The summed E-state index contributed by atoms with van der Waals surface area (Å²) < 4.78 is 1.72. The van der Waals surface area contributed by atoms with Gasteiger partial charge in [0, 0.05) is 26.3 Å². The number of aromatic nitrogens is 2. The molecule has 0 saturated heterocycles. The maximum Gasteiger partial charge on any atom is 0.271 e. The van der Waals surface area contributed by atoms with Crippen LogP contribution in [0.2, 0.25) is 0 Å². The molecule has 0 aliphatic carbocycles. The van der Waals surface area contributed by atoms with Crippen LogP contribution in [-0.4, -0.2) is 34.7 Å². The smallest absolute Gasteiger partial charge is 0.271 e. The molecule has 0 aromatic carbocycles. The van der Waals surface area contributed by atoms with Gasteiger partial charge in [-0.2, -0.15) is 5.10 Å². The van der Waals surface area contributed by atoms with E-state index in [0.717, 1.165) is 0 Å². The summed E-state index contributed by atoms with van der Waals surface area (Å²) in [6.45, 7) is 4.00. The topological polar surface area (TPSA) is 38.1 Å². The zero-order valence-electron chi connectivity index (χ0n) is 8.48. The van der Waals surface area contributed by atoms with Crippen LogP contribution >= 0.6 is 0 Å². The molecule has 1 amide bonds. The number of carbonyl (C=O) groups excluding carboxylic acids is 1. The Morgan fingerprint density at radius 3 is 2.62 bits per heavy atom. The summed E-state index contributed by atoms with van der Waals surface area (Å²) in [5.41, 5.74) is 0.639. The maximum atomic E-state index is 11.6. The van der Waals surface area contributed by atoms with E-state index in [2.05, 4.69) is 5.10 Å². The number of nitrogens with zero attached hydrogens (tertiary/aromatic N) is 3. The third kappa shape index (κ3) is 1.88. The van der Waals surface area contributed by atoms with E-state index in [1.807, 2.05) is 13.8 Å². The lowest BCUT2D eigenvalue weighted by atomic mass is 10.3. The minimum atomic E-state index is -0.00815. The molecule has 0 aliphatic rings. The summed E-state index contributed by atoms with van der Waals surface area (Å²) >= 11 is 0. The lowest BCUT2D eigenvalue weighted by Crippen LogP contribution is -2.25. The first-order valence-corrected chi connectivity index (χ1v) is 4.29. The molecule has 1 aromatic rings. The zero-order chi connectivity index (χ0) is 10.0. The first-order chi connectivity index (χ1) is 6.04. The van der Waals surface area contributed by atoms with Gasteiger partial charge in [0.15, 0.2) is 0 Å². The van der Waals surface area contributed by atoms with Crippen LogP contribution < -0.4 is 0 Å². The van der Waals surface area contributed by atoms with Crippen LogP contribution in [0.4, 0.5) is 0 Å². The van der Waals surface area contributed by atoms with Crippen molar-refractivity contribution in [1.82, 2.24) is 14.7 Å². The number of rotatable bonds is 2. The van der Waals surface area contributed by atoms with Crippen molar-refractivity contribution in [2.45, 2.75) is 19.9 Å². The molecule has 0 unspecified atom stereocenters. The molecule has 0 radical (unpaired) electrons. The van der Waals surface area contributed by atoms with Gasteiger partial charge in [-0.05, 0) is 19.9 Å². The second kappa shape index (κ2) is 3.60. The molecule has 13 heavy (non-hydrogen) atoms. The first kappa shape index (κ1) is 9.77. The third-order valence-corrected chi connectivity index (χ3v) is 1.78. The van der Waals surface area contributed by atoms with Crippen LogP contribution in [0.15, 0.2) is 12.3 Å². The van der Waals surface area contributed by atoms with Gasteiger partial charge in [-0.25, -0.2) is 0 Å². The first-order valence-electron chi connectivity index (χ1n) is 4.29. The standard InChI is InChI=1S/C9H15N3O/c1-7(2)12-8(5-6-10-12)9(13)11(3)4/h5-7H,1-4H3. The predicted octanol–water partition coefficient (Wildman–Crippen LogP) is 1.17. The van der Waals surface area contributed by atoms with Gasteiger partial charge in [0.25, 0.3) is 5.91 Å². The third-order valence-electron chi connectivity index (χ3n) is 1.78. The summed E-state index contributed by atoms with van der Waals surface area (Å²) in [6, 6.07) is 1.95. The molecule has 0 spiro atoms. The SMILES string of the molecule is CC(C)n1nccc1C(=O)N(C)C. The fourth-order valence-corrected chi connectivity index (χ4v) is 1.12. The van der Waals surface area contributed by atoms with E-state index >= 15 is 0 Å². The highest BCUT2D eigenvalue weighted by Crippen LogP contribution is 2.08. The van der Waals surface area contributed by atoms with Crippen molar-refractivity contribution in [3.63, 3.8) is 0 Å². The molecular weight excluding hydrogens is 166 g/mol. The Bertz CT molecular complexity index is 302. The summed E-state index contributed by atoms with van der Waals surface area (Å²) in [5, 5.41) is 4.09. The van der Waals surface area contributed by atoms with Gasteiger partial charge >= 0.3 is 0 Å². The molecule has 4 heteroatoms. The Labute approximate surface area is 78.1 Å². The summed E-state index contributed by atoms with van der Waals surface area (Å²) in [4.78, 5) is 13.1. The zero-order valence-corrected chi connectivity index (χ0v) is 8.48. The van der Waals surface area contributed by atoms with Crippen LogP contribution in [0, 0.1) is 0 Å². The normalized spacial score (nSPS) is 10.5. The van der Waals surface area contributed by atoms with Gasteiger partial charge < -0.3 is 4.90 Å². The van der Waals surface area contributed by atoms with Crippen molar-refractivity contribution in [1.29, 1.82) is 0 Å². The van der Waals surface area contributed by atoms with Gasteiger partial charge in [0.2, 0.25) is 0 Å². The molecule has 1 heterocycles. The van der Waals surface area contributed by atoms with Gasteiger partial charge in [-0.1, -0.05) is 0 Å². The average Bonchev–Trinajstić information content (AvgIpc) is 2.50. The van der Waals surface area contributed by atoms with Crippen molar-refractivity contribution in [3.05, 3.63) is 18.0 Å². The van der Waals surface area contributed by atoms with Crippen LogP contribution in [0.25, 0.3) is 0 Å². The molecule has 0 saturated carbocycles. The lowest BCUT2D eigenvalue weighted by Gasteiger charge is -2.13. The molecule has 0 fully saturated rings. The van der Waals surface area contributed by atoms with Crippen molar-refractivity contribution in [3.8, 4) is 0 Å². The molecule has 0 bridgehead atoms.